The van der Waals surface area contributed by atoms with Crippen LogP contribution in [0, 0.1) is 11.8 Å². The highest BCUT2D eigenvalue weighted by atomic mass is 15.2. The Balaban J connectivity index is 1.36. The Morgan fingerprint density at radius 1 is 0.938 bits per heavy atom. The first-order valence-electron chi connectivity index (χ1n) is 7.38. The molecule has 2 heterocycles. The van der Waals surface area contributed by atoms with Crippen LogP contribution in [0.3, 0.4) is 0 Å². The van der Waals surface area contributed by atoms with Crippen molar-refractivity contribution in [3.8, 4) is 0 Å². The van der Waals surface area contributed by atoms with Gasteiger partial charge in [0.05, 0.1) is 0 Å². The molecule has 3 unspecified atom stereocenters. The summed E-state index contributed by atoms with van der Waals surface area (Å²) in [5.74, 6) is 2.06. The lowest BCUT2D eigenvalue weighted by molar-refractivity contribution is 0.195. The van der Waals surface area contributed by atoms with E-state index < -0.39 is 0 Å². The number of fused-ring (bicyclic) bond motifs is 2. The van der Waals surface area contributed by atoms with Crippen LogP contribution in [0.15, 0.2) is 0 Å². The molecule has 16 heavy (non-hydrogen) atoms. The van der Waals surface area contributed by atoms with Crippen LogP contribution in [0.25, 0.3) is 0 Å². The zero-order chi connectivity index (χ0) is 10.5. The zero-order valence-electron chi connectivity index (χ0n) is 10.2. The lowest BCUT2D eigenvalue weighted by Gasteiger charge is -2.29. The summed E-state index contributed by atoms with van der Waals surface area (Å²) < 4.78 is 0. The van der Waals surface area contributed by atoms with Gasteiger partial charge in [-0.15, -0.1) is 0 Å². The predicted molar refractivity (Wildman–Crippen MR) is 65.4 cm³/mol. The Morgan fingerprint density at radius 3 is 2.38 bits per heavy atom. The maximum absolute atomic E-state index is 3.78. The fourth-order valence-corrected chi connectivity index (χ4v) is 3.88. The van der Waals surface area contributed by atoms with Crippen molar-refractivity contribution in [3.05, 3.63) is 0 Å². The fourth-order valence-electron chi connectivity index (χ4n) is 3.88. The third kappa shape index (κ3) is 1.91. The van der Waals surface area contributed by atoms with Gasteiger partial charge in [-0.1, -0.05) is 0 Å². The van der Waals surface area contributed by atoms with Gasteiger partial charge in [0.25, 0.3) is 0 Å². The van der Waals surface area contributed by atoms with Gasteiger partial charge >= 0.3 is 0 Å². The van der Waals surface area contributed by atoms with E-state index >= 15 is 0 Å². The lowest BCUT2D eigenvalue weighted by atomic mass is 9.88. The summed E-state index contributed by atoms with van der Waals surface area (Å²) in [6.07, 6.45) is 10.4. The molecular weight excluding hydrogens is 196 g/mol. The smallest absolute Gasteiger partial charge is 0.0111 e. The summed E-state index contributed by atoms with van der Waals surface area (Å²) in [5, 5.41) is 3.78. The summed E-state index contributed by atoms with van der Waals surface area (Å²) in [6.45, 7) is 2.84. The van der Waals surface area contributed by atoms with Crippen molar-refractivity contribution >= 4 is 0 Å². The average Bonchev–Trinajstić information content (AvgIpc) is 3.19. The number of hydrogen-bond donors (Lipinski definition) is 1. The Bertz CT molecular complexity index is 270. The van der Waals surface area contributed by atoms with Crippen LogP contribution in [0.2, 0.25) is 0 Å². The maximum Gasteiger partial charge on any atom is 0.0111 e. The van der Waals surface area contributed by atoms with Crippen molar-refractivity contribution < 1.29 is 0 Å². The number of rotatable bonds is 5. The molecule has 2 heteroatoms. The molecular formula is C14H24N2. The van der Waals surface area contributed by atoms with Gasteiger partial charge in [-0.25, -0.2) is 0 Å². The topological polar surface area (TPSA) is 15.3 Å². The van der Waals surface area contributed by atoms with Crippen LogP contribution in [-0.2, 0) is 0 Å². The molecule has 4 rings (SSSR count). The average molecular weight is 220 g/mol. The molecule has 0 aromatic heterocycles. The van der Waals surface area contributed by atoms with Gasteiger partial charge in [0, 0.05) is 31.2 Å². The van der Waals surface area contributed by atoms with Crippen molar-refractivity contribution in [1.82, 2.24) is 10.2 Å². The highest BCUT2D eigenvalue weighted by molar-refractivity contribution is 5.00. The molecule has 0 aromatic rings. The van der Waals surface area contributed by atoms with Crippen LogP contribution in [-0.4, -0.2) is 36.1 Å². The minimum Gasteiger partial charge on any atom is -0.311 e. The van der Waals surface area contributed by atoms with E-state index in [2.05, 4.69) is 10.2 Å². The number of hydrogen-bond acceptors (Lipinski definition) is 2. The number of nitrogens with one attached hydrogen (secondary N) is 1. The molecule has 0 spiro atoms. The van der Waals surface area contributed by atoms with Crippen LogP contribution in [0.4, 0.5) is 0 Å². The largest absolute Gasteiger partial charge is 0.311 e. The Kier molecular flexibility index (Phi) is 2.29. The molecule has 0 radical (unpaired) electrons. The van der Waals surface area contributed by atoms with Crippen molar-refractivity contribution in [3.63, 3.8) is 0 Å². The summed E-state index contributed by atoms with van der Waals surface area (Å²) in [5.41, 5.74) is 0. The van der Waals surface area contributed by atoms with E-state index in [1.54, 1.807) is 0 Å². The molecule has 0 aromatic carbocycles. The Labute approximate surface area is 98.8 Å². The van der Waals surface area contributed by atoms with E-state index in [-0.39, 0.29) is 0 Å². The van der Waals surface area contributed by atoms with Gasteiger partial charge in [0.2, 0.25) is 0 Å². The first-order chi connectivity index (χ1) is 7.88. The second-order valence-electron chi connectivity index (χ2n) is 6.67. The van der Waals surface area contributed by atoms with E-state index in [1.165, 1.54) is 58.0 Å². The molecule has 2 saturated heterocycles. The molecule has 2 saturated carbocycles. The summed E-state index contributed by atoms with van der Waals surface area (Å²) in [7, 11) is 0. The third-order valence-electron chi connectivity index (χ3n) is 5.15. The minimum absolute atomic E-state index is 0.880. The first-order valence-corrected chi connectivity index (χ1v) is 7.38. The molecule has 4 fully saturated rings. The normalized spacial score (nSPS) is 42.2. The van der Waals surface area contributed by atoms with E-state index in [0.717, 1.165) is 30.0 Å². The van der Waals surface area contributed by atoms with E-state index in [1.807, 2.05) is 0 Å². The minimum atomic E-state index is 0.880. The van der Waals surface area contributed by atoms with Gasteiger partial charge in [0.15, 0.2) is 0 Å². The van der Waals surface area contributed by atoms with E-state index in [4.69, 9.17) is 0 Å². The second-order valence-corrected chi connectivity index (χ2v) is 6.67. The maximum atomic E-state index is 3.78. The van der Waals surface area contributed by atoms with Crippen molar-refractivity contribution in [1.29, 1.82) is 0 Å². The summed E-state index contributed by atoms with van der Waals surface area (Å²) in [4.78, 5) is 2.85. The van der Waals surface area contributed by atoms with Crippen LogP contribution in [0.1, 0.15) is 44.9 Å². The third-order valence-corrected chi connectivity index (χ3v) is 5.15. The fraction of sp³-hybridized carbons (Fsp3) is 1.00. The second kappa shape index (κ2) is 3.71. The van der Waals surface area contributed by atoms with Gasteiger partial charge < -0.3 is 5.32 Å². The summed E-state index contributed by atoms with van der Waals surface area (Å²) in [6, 6.07) is 2.75. The number of nitrogens with zero attached hydrogens (tertiary/aromatic N) is 1. The molecule has 4 aliphatic rings. The Morgan fingerprint density at radius 2 is 1.81 bits per heavy atom. The van der Waals surface area contributed by atoms with Crippen LogP contribution < -0.4 is 5.32 Å². The molecule has 2 aliphatic carbocycles. The first kappa shape index (κ1) is 9.90. The zero-order valence-corrected chi connectivity index (χ0v) is 10.2. The Hall–Kier alpha value is -0.0800. The summed E-state index contributed by atoms with van der Waals surface area (Å²) >= 11 is 0. The molecule has 2 bridgehead atoms. The van der Waals surface area contributed by atoms with Crippen LogP contribution in [0.5, 0.6) is 0 Å². The van der Waals surface area contributed by atoms with Crippen molar-refractivity contribution in [2.75, 3.05) is 13.1 Å². The van der Waals surface area contributed by atoms with Crippen molar-refractivity contribution in [2.24, 2.45) is 11.8 Å². The van der Waals surface area contributed by atoms with Gasteiger partial charge in [-0.05, 0) is 56.8 Å². The van der Waals surface area contributed by atoms with E-state index in [9.17, 15) is 0 Å². The molecule has 2 aliphatic heterocycles. The van der Waals surface area contributed by atoms with Gasteiger partial charge in [-0.2, -0.15) is 0 Å². The van der Waals surface area contributed by atoms with Crippen molar-refractivity contribution in [2.45, 2.75) is 63.1 Å². The molecule has 0 amide bonds. The van der Waals surface area contributed by atoms with Crippen LogP contribution >= 0.6 is 0 Å². The molecule has 2 nitrogen and oxygen atoms in total. The lowest BCUT2D eigenvalue weighted by Crippen LogP contribution is -2.37. The molecule has 3 atom stereocenters. The quantitative estimate of drug-likeness (QED) is 0.762. The standard InChI is InChI=1S/C14H24N2/c1-2-10(1)8-16(13-4-5-13)9-11-7-12-3-6-14(11)15-12/h10-15H,1-9H2. The SMILES string of the molecule is C1CC1CN(CC1CC2CCC1N2)C1CC1. The highest BCUT2D eigenvalue weighted by Crippen LogP contribution is 2.38. The molecule has 1 N–H and O–H groups in total. The van der Waals surface area contributed by atoms with Gasteiger partial charge in [-0.3, -0.25) is 4.90 Å². The monoisotopic (exact) mass is 220 g/mol. The highest BCUT2D eigenvalue weighted by Gasteiger charge is 2.42. The van der Waals surface area contributed by atoms with Gasteiger partial charge in [0.1, 0.15) is 0 Å². The van der Waals surface area contributed by atoms with E-state index in [0.29, 0.717) is 0 Å². The molecule has 90 valence electrons. The predicted octanol–water partition coefficient (Wildman–Crippen LogP) is 2.00.